The summed E-state index contributed by atoms with van der Waals surface area (Å²) in [5.41, 5.74) is -0.300. The molecule has 3 aromatic rings. The molecule has 2 aromatic carbocycles. The summed E-state index contributed by atoms with van der Waals surface area (Å²) < 4.78 is 28.1. The SMILES string of the molecule is CC(C)CSc1nnc(NC(=O)CN(c2cccc([N+](=O)[O-])c2)S(=O)(=O)c2ccccc2)s1. The molecule has 1 N–H and O–H groups in total. The molecule has 1 amide bonds. The van der Waals surface area contributed by atoms with Gasteiger partial charge in [-0.15, -0.1) is 10.2 Å². The summed E-state index contributed by atoms with van der Waals surface area (Å²) >= 11 is 2.70. The number of carbonyl (C=O) groups excluding carboxylic acids is 1. The van der Waals surface area contributed by atoms with Gasteiger partial charge in [0.15, 0.2) is 4.34 Å². The van der Waals surface area contributed by atoms with E-state index in [2.05, 4.69) is 29.4 Å². The molecule has 174 valence electrons. The molecule has 0 radical (unpaired) electrons. The number of aromatic nitrogens is 2. The molecule has 1 heterocycles. The first-order chi connectivity index (χ1) is 15.7. The largest absolute Gasteiger partial charge is 0.299 e. The average Bonchev–Trinajstić information content (AvgIpc) is 3.23. The Balaban J connectivity index is 1.86. The van der Waals surface area contributed by atoms with E-state index >= 15 is 0 Å². The van der Waals surface area contributed by atoms with Gasteiger partial charge in [0, 0.05) is 17.9 Å². The molecular formula is C20H21N5O5S3. The molecule has 0 unspecified atom stereocenters. The maximum absolute atomic E-state index is 13.3. The van der Waals surface area contributed by atoms with Gasteiger partial charge in [-0.25, -0.2) is 8.42 Å². The molecule has 0 spiro atoms. The molecule has 13 heteroatoms. The van der Waals surface area contributed by atoms with Gasteiger partial charge in [0.2, 0.25) is 11.0 Å². The van der Waals surface area contributed by atoms with Gasteiger partial charge in [-0.2, -0.15) is 0 Å². The third-order valence-corrected chi connectivity index (χ3v) is 8.33. The molecule has 0 fully saturated rings. The lowest BCUT2D eigenvalue weighted by Crippen LogP contribution is -2.38. The molecule has 0 saturated carbocycles. The van der Waals surface area contributed by atoms with Gasteiger partial charge in [-0.05, 0) is 24.1 Å². The van der Waals surface area contributed by atoms with Gasteiger partial charge >= 0.3 is 0 Å². The number of nitro benzene ring substituents is 1. The molecular weight excluding hydrogens is 486 g/mol. The van der Waals surface area contributed by atoms with Crippen LogP contribution in [0.15, 0.2) is 63.8 Å². The highest BCUT2D eigenvalue weighted by molar-refractivity contribution is 8.01. The van der Waals surface area contributed by atoms with Crippen molar-refractivity contribution in [3.05, 3.63) is 64.7 Å². The van der Waals surface area contributed by atoms with Crippen LogP contribution in [-0.2, 0) is 14.8 Å². The van der Waals surface area contributed by atoms with E-state index in [0.717, 1.165) is 16.1 Å². The minimum Gasteiger partial charge on any atom is -0.299 e. The zero-order valence-electron chi connectivity index (χ0n) is 17.7. The van der Waals surface area contributed by atoms with Gasteiger partial charge in [-0.1, -0.05) is 61.2 Å². The minimum absolute atomic E-state index is 0.00588. The number of carbonyl (C=O) groups is 1. The molecule has 0 aliphatic rings. The van der Waals surface area contributed by atoms with E-state index in [1.165, 1.54) is 53.4 Å². The van der Waals surface area contributed by atoms with E-state index in [4.69, 9.17) is 0 Å². The molecule has 0 bridgehead atoms. The van der Waals surface area contributed by atoms with E-state index in [-0.39, 0.29) is 21.4 Å². The lowest BCUT2D eigenvalue weighted by Gasteiger charge is -2.23. The van der Waals surface area contributed by atoms with Crippen LogP contribution >= 0.6 is 23.1 Å². The summed E-state index contributed by atoms with van der Waals surface area (Å²) in [6.07, 6.45) is 0. The van der Waals surface area contributed by atoms with Crippen molar-refractivity contribution < 1.29 is 18.1 Å². The molecule has 1 aromatic heterocycles. The Morgan fingerprint density at radius 2 is 1.91 bits per heavy atom. The number of nitrogens with one attached hydrogen (secondary N) is 1. The van der Waals surface area contributed by atoms with E-state index in [1.807, 2.05) is 0 Å². The van der Waals surface area contributed by atoms with Crippen molar-refractivity contribution in [1.82, 2.24) is 10.2 Å². The Hall–Kier alpha value is -3.03. The normalized spacial score (nSPS) is 11.4. The number of rotatable bonds is 10. The van der Waals surface area contributed by atoms with Crippen LogP contribution in [-0.4, -0.2) is 41.7 Å². The number of sulfonamides is 1. The first-order valence-electron chi connectivity index (χ1n) is 9.75. The third kappa shape index (κ3) is 6.49. The van der Waals surface area contributed by atoms with Crippen molar-refractivity contribution in [2.45, 2.75) is 23.1 Å². The van der Waals surface area contributed by atoms with E-state index in [0.29, 0.717) is 10.3 Å². The third-order valence-electron chi connectivity index (χ3n) is 4.14. The van der Waals surface area contributed by atoms with Gasteiger partial charge < -0.3 is 0 Å². The maximum Gasteiger partial charge on any atom is 0.271 e. The summed E-state index contributed by atoms with van der Waals surface area (Å²) in [7, 11) is -4.18. The van der Waals surface area contributed by atoms with Crippen molar-refractivity contribution in [3.8, 4) is 0 Å². The fourth-order valence-corrected chi connectivity index (χ4v) is 5.82. The first kappa shape index (κ1) is 24.6. The average molecular weight is 508 g/mol. The maximum atomic E-state index is 13.3. The number of nitro groups is 1. The second kappa shape index (κ2) is 10.7. The molecule has 10 nitrogen and oxygen atoms in total. The van der Waals surface area contributed by atoms with Gasteiger partial charge in [-0.3, -0.25) is 24.5 Å². The minimum atomic E-state index is -4.18. The van der Waals surface area contributed by atoms with Crippen molar-refractivity contribution >= 4 is 55.5 Å². The van der Waals surface area contributed by atoms with Crippen molar-refractivity contribution in [2.24, 2.45) is 5.92 Å². The summed E-state index contributed by atoms with van der Waals surface area (Å²) in [6.45, 7) is 3.55. The Morgan fingerprint density at radius 3 is 2.58 bits per heavy atom. The van der Waals surface area contributed by atoms with Crippen molar-refractivity contribution in [2.75, 3.05) is 21.9 Å². The number of nitrogens with zero attached hydrogens (tertiary/aromatic N) is 4. The molecule has 0 aliphatic heterocycles. The summed E-state index contributed by atoms with van der Waals surface area (Å²) in [5.74, 6) is 0.652. The Kier molecular flexibility index (Phi) is 8.00. The second-order valence-corrected chi connectivity index (χ2v) is 11.3. The number of non-ortho nitro benzene ring substituents is 1. The molecule has 33 heavy (non-hydrogen) atoms. The van der Waals surface area contributed by atoms with Gasteiger partial charge in [0.25, 0.3) is 15.7 Å². The van der Waals surface area contributed by atoms with E-state index in [9.17, 15) is 23.3 Å². The molecule has 0 aliphatic carbocycles. The molecule has 0 atom stereocenters. The standard InChI is InChI=1S/C20H21N5O5S3/c1-14(2)13-31-20-23-22-19(32-20)21-18(26)12-24(15-7-6-8-16(11-15)25(27)28)33(29,30)17-9-4-3-5-10-17/h3-11,14H,12-13H2,1-2H3,(H,21,22,26). The fourth-order valence-electron chi connectivity index (χ4n) is 2.64. The fraction of sp³-hybridized carbons (Fsp3) is 0.250. The summed E-state index contributed by atoms with van der Waals surface area (Å²) in [5, 5.41) is 21.9. The van der Waals surface area contributed by atoms with Crippen LogP contribution in [0, 0.1) is 16.0 Å². The quantitative estimate of drug-likeness (QED) is 0.188. The number of hydrogen-bond donors (Lipinski definition) is 1. The lowest BCUT2D eigenvalue weighted by molar-refractivity contribution is -0.384. The number of amides is 1. The molecule has 0 saturated heterocycles. The second-order valence-electron chi connectivity index (χ2n) is 7.23. The van der Waals surface area contributed by atoms with Crippen molar-refractivity contribution in [3.63, 3.8) is 0 Å². The zero-order chi connectivity index (χ0) is 24.0. The summed E-state index contributed by atoms with van der Waals surface area (Å²) in [4.78, 5) is 23.3. The Bertz CT molecular complexity index is 1230. The number of benzene rings is 2. The Morgan fingerprint density at radius 1 is 1.18 bits per heavy atom. The predicted molar refractivity (Wildman–Crippen MR) is 128 cm³/mol. The van der Waals surface area contributed by atoms with Crippen LogP contribution in [0.3, 0.4) is 0 Å². The van der Waals surface area contributed by atoms with Crippen LogP contribution in [0.5, 0.6) is 0 Å². The van der Waals surface area contributed by atoms with Crippen LogP contribution in [0.1, 0.15) is 13.8 Å². The first-order valence-corrected chi connectivity index (χ1v) is 13.0. The zero-order valence-corrected chi connectivity index (χ0v) is 20.2. The van der Waals surface area contributed by atoms with Gasteiger partial charge in [0.1, 0.15) is 6.54 Å². The van der Waals surface area contributed by atoms with Gasteiger partial charge in [0.05, 0.1) is 15.5 Å². The van der Waals surface area contributed by atoms with E-state index in [1.54, 1.807) is 18.2 Å². The monoisotopic (exact) mass is 507 g/mol. The highest BCUT2D eigenvalue weighted by Gasteiger charge is 2.28. The summed E-state index contributed by atoms with van der Waals surface area (Å²) in [6, 6.07) is 12.7. The van der Waals surface area contributed by atoms with Crippen LogP contribution in [0.4, 0.5) is 16.5 Å². The number of hydrogen-bond acceptors (Lipinski definition) is 9. The van der Waals surface area contributed by atoms with Crippen LogP contribution in [0.2, 0.25) is 0 Å². The highest BCUT2D eigenvalue weighted by Crippen LogP contribution is 2.29. The smallest absolute Gasteiger partial charge is 0.271 e. The lowest BCUT2D eigenvalue weighted by atomic mass is 10.3. The number of anilines is 2. The van der Waals surface area contributed by atoms with Crippen LogP contribution < -0.4 is 9.62 Å². The van der Waals surface area contributed by atoms with Crippen molar-refractivity contribution in [1.29, 1.82) is 0 Å². The highest BCUT2D eigenvalue weighted by atomic mass is 32.2. The Labute approximate surface area is 199 Å². The predicted octanol–water partition coefficient (Wildman–Crippen LogP) is 4.03. The molecule has 3 rings (SSSR count). The van der Waals surface area contributed by atoms with Crippen LogP contribution in [0.25, 0.3) is 0 Å². The number of thioether (sulfide) groups is 1. The topological polar surface area (TPSA) is 135 Å². The van der Waals surface area contributed by atoms with E-state index < -0.39 is 27.4 Å².